The standard InChI is InChI=1S/C25H34N4O2.HI/c1-26-25(27-15-12-20-8-10-23(31-2)11-9-20)28-19-24(30)29-16-13-22(14-17-29)18-21-6-4-3-5-7-21;/h3-11,22H,12-19H2,1-2H3,(H2,26,27,28);1H. The first-order valence-electron chi connectivity index (χ1n) is 11.1. The molecule has 0 spiro atoms. The van der Waals surface area contributed by atoms with Crippen molar-refractivity contribution in [3.8, 4) is 5.75 Å². The third-order valence-corrected chi connectivity index (χ3v) is 5.83. The predicted octanol–water partition coefficient (Wildman–Crippen LogP) is 3.50. The Labute approximate surface area is 208 Å². The van der Waals surface area contributed by atoms with Gasteiger partial charge in [-0.3, -0.25) is 9.79 Å². The van der Waals surface area contributed by atoms with Gasteiger partial charge in [0, 0.05) is 26.7 Å². The van der Waals surface area contributed by atoms with Crippen LogP contribution >= 0.6 is 24.0 Å². The number of rotatable bonds is 8. The lowest BCUT2D eigenvalue weighted by molar-refractivity contribution is -0.131. The number of carbonyl (C=O) groups excluding carboxylic acids is 1. The Morgan fingerprint density at radius 3 is 2.34 bits per heavy atom. The van der Waals surface area contributed by atoms with Gasteiger partial charge in [0.25, 0.3) is 0 Å². The zero-order valence-electron chi connectivity index (χ0n) is 19.0. The van der Waals surface area contributed by atoms with Crippen molar-refractivity contribution in [2.45, 2.75) is 25.7 Å². The Hall–Kier alpha value is -2.29. The number of hydrogen-bond donors (Lipinski definition) is 2. The molecule has 1 saturated heterocycles. The van der Waals surface area contributed by atoms with Crippen LogP contribution in [0.25, 0.3) is 0 Å². The molecule has 1 fully saturated rings. The zero-order chi connectivity index (χ0) is 21.9. The van der Waals surface area contributed by atoms with E-state index in [1.165, 1.54) is 11.1 Å². The van der Waals surface area contributed by atoms with Gasteiger partial charge in [-0.25, -0.2) is 0 Å². The molecule has 2 aromatic carbocycles. The molecule has 0 radical (unpaired) electrons. The van der Waals surface area contributed by atoms with Crippen LogP contribution in [0.4, 0.5) is 0 Å². The molecule has 32 heavy (non-hydrogen) atoms. The summed E-state index contributed by atoms with van der Waals surface area (Å²) in [6, 6.07) is 18.7. The first kappa shape index (κ1) is 26.0. The van der Waals surface area contributed by atoms with Gasteiger partial charge in [0.1, 0.15) is 5.75 Å². The van der Waals surface area contributed by atoms with E-state index in [1.54, 1.807) is 14.2 Å². The minimum atomic E-state index is 0. The molecule has 0 saturated carbocycles. The highest BCUT2D eigenvalue weighted by molar-refractivity contribution is 14.0. The van der Waals surface area contributed by atoms with E-state index in [0.717, 1.165) is 51.1 Å². The molecule has 1 amide bonds. The smallest absolute Gasteiger partial charge is 0.241 e. The van der Waals surface area contributed by atoms with Gasteiger partial charge < -0.3 is 20.3 Å². The second-order valence-electron chi connectivity index (χ2n) is 7.96. The van der Waals surface area contributed by atoms with E-state index in [0.29, 0.717) is 11.9 Å². The molecule has 174 valence electrons. The summed E-state index contributed by atoms with van der Waals surface area (Å²) in [4.78, 5) is 18.8. The summed E-state index contributed by atoms with van der Waals surface area (Å²) < 4.78 is 5.19. The van der Waals surface area contributed by atoms with Crippen molar-refractivity contribution >= 4 is 35.8 Å². The van der Waals surface area contributed by atoms with E-state index in [4.69, 9.17) is 4.74 Å². The zero-order valence-corrected chi connectivity index (χ0v) is 21.4. The average molecular weight is 550 g/mol. The Morgan fingerprint density at radius 2 is 1.72 bits per heavy atom. The molecular formula is C25H35IN4O2. The lowest BCUT2D eigenvalue weighted by atomic mass is 9.90. The summed E-state index contributed by atoms with van der Waals surface area (Å²) in [6.07, 6.45) is 4.10. The maximum absolute atomic E-state index is 12.6. The van der Waals surface area contributed by atoms with E-state index in [-0.39, 0.29) is 36.4 Å². The number of likely N-dealkylation sites (tertiary alicyclic amines) is 1. The van der Waals surface area contributed by atoms with Crippen molar-refractivity contribution in [2.75, 3.05) is 40.3 Å². The number of piperidine rings is 1. The largest absolute Gasteiger partial charge is 0.497 e. The lowest BCUT2D eigenvalue weighted by Crippen LogP contribution is -2.47. The van der Waals surface area contributed by atoms with Crippen molar-refractivity contribution in [3.63, 3.8) is 0 Å². The Morgan fingerprint density at radius 1 is 1.03 bits per heavy atom. The Bertz CT molecular complexity index is 835. The highest BCUT2D eigenvalue weighted by Crippen LogP contribution is 2.21. The summed E-state index contributed by atoms with van der Waals surface area (Å²) in [5, 5.41) is 6.43. The number of benzene rings is 2. The first-order chi connectivity index (χ1) is 15.2. The predicted molar refractivity (Wildman–Crippen MR) is 141 cm³/mol. The molecule has 2 aromatic rings. The van der Waals surface area contributed by atoms with Crippen LogP contribution in [0, 0.1) is 5.92 Å². The van der Waals surface area contributed by atoms with Gasteiger partial charge in [-0.2, -0.15) is 0 Å². The number of aliphatic imine (C=N–C) groups is 1. The molecule has 1 aliphatic rings. The summed E-state index contributed by atoms with van der Waals surface area (Å²) in [5.41, 5.74) is 2.61. The quantitative estimate of drug-likeness (QED) is 0.300. The maximum atomic E-state index is 12.6. The number of guanidine groups is 1. The van der Waals surface area contributed by atoms with Gasteiger partial charge in [0.15, 0.2) is 5.96 Å². The molecule has 0 aromatic heterocycles. The fourth-order valence-electron chi connectivity index (χ4n) is 3.94. The number of nitrogens with zero attached hydrogens (tertiary/aromatic N) is 2. The number of nitrogens with one attached hydrogen (secondary N) is 2. The van der Waals surface area contributed by atoms with Crippen molar-refractivity contribution < 1.29 is 9.53 Å². The molecule has 1 heterocycles. The third kappa shape index (κ3) is 8.33. The SMILES string of the molecule is CN=C(NCCc1ccc(OC)cc1)NCC(=O)N1CCC(Cc2ccccc2)CC1.I. The maximum Gasteiger partial charge on any atom is 0.241 e. The molecule has 3 rings (SSSR count). The van der Waals surface area contributed by atoms with Gasteiger partial charge >= 0.3 is 0 Å². The molecule has 2 N–H and O–H groups in total. The topological polar surface area (TPSA) is 66.0 Å². The van der Waals surface area contributed by atoms with Gasteiger partial charge in [-0.1, -0.05) is 42.5 Å². The third-order valence-electron chi connectivity index (χ3n) is 5.83. The normalized spacial score (nSPS) is 14.4. The second kappa shape index (κ2) is 14.0. The molecule has 0 unspecified atom stereocenters. The van der Waals surface area contributed by atoms with Crippen LogP contribution in [0.2, 0.25) is 0 Å². The van der Waals surface area contributed by atoms with Crippen LogP contribution in [0.15, 0.2) is 59.6 Å². The second-order valence-corrected chi connectivity index (χ2v) is 7.96. The van der Waals surface area contributed by atoms with Crippen molar-refractivity contribution in [1.29, 1.82) is 0 Å². The fourth-order valence-corrected chi connectivity index (χ4v) is 3.94. The highest BCUT2D eigenvalue weighted by Gasteiger charge is 2.22. The van der Waals surface area contributed by atoms with Crippen LogP contribution < -0.4 is 15.4 Å². The van der Waals surface area contributed by atoms with Crippen molar-refractivity contribution in [3.05, 3.63) is 65.7 Å². The minimum absolute atomic E-state index is 0. The molecular weight excluding hydrogens is 515 g/mol. The number of carbonyl (C=O) groups is 1. The van der Waals surface area contributed by atoms with Crippen molar-refractivity contribution in [2.24, 2.45) is 10.9 Å². The molecule has 1 aliphatic heterocycles. The number of halogens is 1. The fraction of sp³-hybridized carbons (Fsp3) is 0.440. The van der Waals surface area contributed by atoms with Gasteiger partial charge in [-0.05, 0) is 54.9 Å². The van der Waals surface area contributed by atoms with Crippen LogP contribution in [0.3, 0.4) is 0 Å². The van der Waals surface area contributed by atoms with Crippen LogP contribution in [0.1, 0.15) is 24.0 Å². The van der Waals surface area contributed by atoms with E-state index in [1.807, 2.05) is 17.0 Å². The van der Waals surface area contributed by atoms with E-state index >= 15 is 0 Å². The summed E-state index contributed by atoms with van der Waals surface area (Å²) in [7, 11) is 3.39. The lowest BCUT2D eigenvalue weighted by Gasteiger charge is -2.32. The molecule has 7 heteroatoms. The van der Waals surface area contributed by atoms with Crippen LogP contribution in [0.5, 0.6) is 5.75 Å². The molecule has 0 atom stereocenters. The van der Waals surface area contributed by atoms with E-state index in [9.17, 15) is 4.79 Å². The minimum Gasteiger partial charge on any atom is -0.497 e. The average Bonchev–Trinajstić information content (AvgIpc) is 2.82. The van der Waals surface area contributed by atoms with Gasteiger partial charge in [-0.15, -0.1) is 24.0 Å². The highest BCUT2D eigenvalue weighted by atomic mass is 127. The summed E-state index contributed by atoms with van der Waals surface area (Å²) >= 11 is 0. The molecule has 0 bridgehead atoms. The number of ether oxygens (including phenoxy) is 1. The summed E-state index contributed by atoms with van der Waals surface area (Å²) in [5.74, 6) is 2.31. The Balaban J connectivity index is 0.00000363. The van der Waals surface area contributed by atoms with Gasteiger partial charge in [0.2, 0.25) is 5.91 Å². The number of hydrogen-bond acceptors (Lipinski definition) is 3. The number of methoxy groups -OCH3 is 1. The van der Waals surface area contributed by atoms with E-state index in [2.05, 4.69) is 58.1 Å². The molecule has 6 nitrogen and oxygen atoms in total. The monoisotopic (exact) mass is 550 g/mol. The first-order valence-corrected chi connectivity index (χ1v) is 11.1. The molecule has 0 aliphatic carbocycles. The van der Waals surface area contributed by atoms with Crippen molar-refractivity contribution in [1.82, 2.24) is 15.5 Å². The van der Waals surface area contributed by atoms with E-state index < -0.39 is 0 Å². The Kier molecular flexibility index (Phi) is 11.3. The summed E-state index contributed by atoms with van der Waals surface area (Å²) in [6.45, 7) is 2.68. The number of amides is 1. The van der Waals surface area contributed by atoms with Gasteiger partial charge in [0.05, 0.1) is 13.7 Å². The van der Waals surface area contributed by atoms with Crippen LogP contribution in [-0.4, -0.2) is 57.1 Å². The van der Waals surface area contributed by atoms with Crippen LogP contribution in [-0.2, 0) is 17.6 Å².